The fourth-order valence-electron chi connectivity index (χ4n) is 3.27. The Bertz CT molecular complexity index is 711. The third kappa shape index (κ3) is 10.1. The lowest BCUT2D eigenvalue weighted by atomic mass is 10.2. The Balaban J connectivity index is 1.73. The van der Waals surface area contributed by atoms with E-state index < -0.39 is 6.64 Å². The topological polar surface area (TPSA) is 67.4 Å². The molecule has 1 N–H and O–H groups in total. The van der Waals surface area contributed by atoms with Crippen LogP contribution in [0.1, 0.15) is 65.2 Å². The Labute approximate surface area is 198 Å². The van der Waals surface area contributed by atoms with E-state index in [0.717, 1.165) is 37.0 Å². The van der Waals surface area contributed by atoms with Gasteiger partial charge < -0.3 is 28.0 Å². The highest BCUT2D eigenvalue weighted by Crippen LogP contribution is 2.48. The summed E-state index contributed by atoms with van der Waals surface area (Å²) in [6, 6.07) is 7.94. The van der Waals surface area contributed by atoms with Crippen LogP contribution in [0.2, 0.25) is 0 Å². The first-order chi connectivity index (χ1) is 15.1. The molecule has 0 spiro atoms. The molecule has 1 saturated heterocycles. The molecular formula is C23H40NO6PS. The fraction of sp³-hybridized carbons (Fsp3) is 0.739. The maximum absolute atomic E-state index is 6.13. The van der Waals surface area contributed by atoms with Crippen LogP contribution >= 0.6 is 6.64 Å². The molecule has 1 aliphatic rings. The minimum Gasteiger partial charge on any atom is -0.497 e. The standard InChI is InChI=1S/C23H40NO6PS/c1-18(14-16-25-5)24-31(32,30-23(2,3)4)28-15-8-7-9-21-17-27-22(29-21)19-10-12-20(26-6)13-11-19/h10-13,18,21-22H,7-9,14-17H2,1-6H3,(H,24,32). The second kappa shape index (κ2) is 13.4. The Hall–Kier alpha value is -0.570. The zero-order valence-electron chi connectivity index (χ0n) is 20.3. The molecule has 1 aliphatic heterocycles. The Morgan fingerprint density at radius 1 is 1.16 bits per heavy atom. The third-order valence-electron chi connectivity index (χ3n) is 4.85. The van der Waals surface area contributed by atoms with Crippen LogP contribution in [0.4, 0.5) is 0 Å². The zero-order valence-corrected chi connectivity index (χ0v) is 22.0. The van der Waals surface area contributed by atoms with Crippen molar-refractivity contribution >= 4 is 18.4 Å². The molecule has 0 aromatic heterocycles. The van der Waals surface area contributed by atoms with E-state index in [1.807, 2.05) is 45.0 Å². The lowest BCUT2D eigenvalue weighted by molar-refractivity contribution is -0.0614. The Morgan fingerprint density at radius 2 is 1.88 bits per heavy atom. The van der Waals surface area contributed by atoms with Crippen molar-refractivity contribution in [2.24, 2.45) is 0 Å². The number of hydrogen-bond acceptors (Lipinski definition) is 7. The minimum atomic E-state index is -2.60. The van der Waals surface area contributed by atoms with Crippen molar-refractivity contribution in [2.45, 2.75) is 77.4 Å². The lowest BCUT2D eigenvalue weighted by Crippen LogP contribution is -2.30. The molecule has 2 rings (SSSR count). The van der Waals surface area contributed by atoms with Gasteiger partial charge in [-0.1, -0.05) is 12.1 Å². The molecule has 0 amide bonds. The second-order valence-corrected chi connectivity index (χ2v) is 12.2. The molecule has 7 nitrogen and oxygen atoms in total. The summed E-state index contributed by atoms with van der Waals surface area (Å²) in [6.07, 6.45) is 3.38. The van der Waals surface area contributed by atoms with Crippen molar-refractivity contribution in [1.82, 2.24) is 5.09 Å². The van der Waals surface area contributed by atoms with Crippen LogP contribution in [0.3, 0.4) is 0 Å². The van der Waals surface area contributed by atoms with Crippen LogP contribution in [0.5, 0.6) is 5.75 Å². The molecule has 184 valence electrons. The maximum Gasteiger partial charge on any atom is 0.261 e. The Kier molecular flexibility index (Phi) is 11.5. The first-order valence-corrected chi connectivity index (χ1v) is 13.9. The summed E-state index contributed by atoms with van der Waals surface area (Å²) in [5, 5.41) is 3.40. The van der Waals surface area contributed by atoms with E-state index in [-0.39, 0.29) is 24.0 Å². The van der Waals surface area contributed by atoms with Gasteiger partial charge in [-0.05, 0) is 77.3 Å². The normalized spacial score (nSPS) is 21.9. The van der Waals surface area contributed by atoms with Crippen molar-refractivity contribution in [1.29, 1.82) is 0 Å². The quantitative estimate of drug-likeness (QED) is 0.277. The van der Waals surface area contributed by atoms with E-state index in [1.165, 1.54) is 0 Å². The summed E-state index contributed by atoms with van der Waals surface area (Å²) < 4.78 is 34.5. The van der Waals surface area contributed by atoms with Gasteiger partial charge in [-0.3, -0.25) is 0 Å². The molecule has 0 aliphatic carbocycles. The SMILES string of the molecule is COCCC(C)NP(=S)(OCCCCC1COC(c2ccc(OC)cc2)O1)OC(C)(C)C. The largest absolute Gasteiger partial charge is 0.497 e. The summed E-state index contributed by atoms with van der Waals surface area (Å²) in [5.74, 6) is 0.821. The number of nitrogens with one attached hydrogen (secondary N) is 1. The average Bonchev–Trinajstić information content (AvgIpc) is 3.19. The van der Waals surface area contributed by atoms with E-state index in [0.29, 0.717) is 19.8 Å². The first kappa shape index (κ1) is 27.7. The van der Waals surface area contributed by atoms with Crippen LogP contribution in [0.25, 0.3) is 0 Å². The molecule has 9 heteroatoms. The summed E-state index contributed by atoms with van der Waals surface area (Å²) in [6.45, 7) is 7.28. The van der Waals surface area contributed by atoms with Crippen molar-refractivity contribution in [2.75, 3.05) is 34.0 Å². The van der Waals surface area contributed by atoms with E-state index in [1.54, 1.807) is 14.2 Å². The van der Waals surface area contributed by atoms with Gasteiger partial charge in [-0.15, -0.1) is 0 Å². The summed E-state index contributed by atoms with van der Waals surface area (Å²) in [5.41, 5.74) is 0.625. The van der Waals surface area contributed by atoms with Crippen LogP contribution in [0, 0.1) is 0 Å². The number of ether oxygens (including phenoxy) is 4. The van der Waals surface area contributed by atoms with Crippen LogP contribution in [-0.4, -0.2) is 51.8 Å². The molecule has 1 aromatic rings. The van der Waals surface area contributed by atoms with Crippen LogP contribution in [0.15, 0.2) is 24.3 Å². The van der Waals surface area contributed by atoms with Gasteiger partial charge in [0.25, 0.3) is 6.64 Å². The van der Waals surface area contributed by atoms with Gasteiger partial charge in [-0.25, -0.2) is 5.09 Å². The molecule has 4 atom stereocenters. The minimum absolute atomic E-state index is 0.0863. The first-order valence-electron chi connectivity index (χ1n) is 11.3. The fourth-order valence-corrected chi connectivity index (χ4v) is 6.65. The van der Waals surface area contributed by atoms with Crippen molar-refractivity contribution in [3.63, 3.8) is 0 Å². The van der Waals surface area contributed by atoms with Crippen molar-refractivity contribution < 1.29 is 28.0 Å². The highest BCUT2D eigenvalue weighted by Gasteiger charge is 2.29. The van der Waals surface area contributed by atoms with Crippen molar-refractivity contribution in [3.8, 4) is 5.75 Å². The molecule has 4 unspecified atom stereocenters. The predicted molar refractivity (Wildman–Crippen MR) is 131 cm³/mol. The molecule has 0 saturated carbocycles. The van der Waals surface area contributed by atoms with Gasteiger partial charge in [-0.2, -0.15) is 0 Å². The van der Waals surface area contributed by atoms with Gasteiger partial charge >= 0.3 is 0 Å². The van der Waals surface area contributed by atoms with E-state index in [4.69, 9.17) is 39.8 Å². The zero-order chi connectivity index (χ0) is 23.6. The summed E-state index contributed by atoms with van der Waals surface area (Å²) >= 11 is 5.78. The Morgan fingerprint density at radius 3 is 2.50 bits per heavy atom. The molecular weight excluding hydrogens is 449 g/mol. The number of unbranched alkanes of at least 4 members (excludes halogenated alkanes) is 1. The number of methoxy groups -OCH3 is 2. The highest BCUT2D eigenvalue weighted by molar-refractivity contribution is 8.09. The molecule has 1 fully saturated rings. The monoisotopic (exact) mass is 489 g/mol. The van der Waals surface area contributed by atoms with E-state index in [9.17, 15) is 0 Å². The molecule has 0 bridgehead atoms. The molecule has 0 radical (unpaired) electrons. The molecule has 1 heterocycles. The smallest absolute Gasteiger partial charge is 0.261 e. The van der Waals surface area contributed by atoms with Crippen LogP contribution in [-0.2, 0) is 35.1 Å². The number of benzene rings is 1. The number of hydrogen-bond donors (Lipinski definition) is 1. The van der Waals surface area contributed by atoms with E-state index >= 15 is 0 Å². The lowest BCUT2D eigenvalue weighted by Gasteiger charge is -2.32. The average molecular weight is 490 g/mol. The van der Waals surface area contributed by atoms with Crippen LogP contribution < -0.4 is 9.82 Å². The van der Waals surface area contributed by atoms with E-state index in [2.05, 4.69) is 12.0 Å². The maximum atomic E-state index is 6.13. The van der Waals surface area contributed by atoms with Gasteiger partial charge in [0.1, 0.15) is 5.75 Å². The third-order valence-corrected chi connectivity index (χ3v) is 7.77. The summed E-state index contributed by atoms with van der Waals surface area (Å²) in [4.78, 5) is 0. The van der Waals surface area contributed by atoms with Crippen molar-refractivity contribution in [3.05, 3.63) is 29.8 Å². The predicted octanol–water partition coefficient (Wildman–Crippen LogP) is 5.35. The van der Waals surface area contributed by atoms with Gasteiger partial charge in [0, 0.05) is 25.3 Å². The van der Waals surface area contributed by atoms with Gasteiger partial charge in [0.15, 0.2) is 6.29 Å². The molecule has 1 aromatic carbocycles. The summed E-state index contributed by atoms with van der Waals surface area (Å²) in [7, 11) is 3.35. The molecule has 32 heavy (non-hydrogen) atoms. The highest BCUT2D eigenvalue weighted by atomic mass is 32.5. The second-order valence-electron chi connectivity index (χ2n) is 9.04. The van der Waals surface area contributed by atoms with Gasteiger partial charge in [0.05, 0.1) is 32.0 Å². The number of rotatable bonds is 14. The van der Waals surface area contributed by atoms with Gasteiger partial charge in [0.2, 0.25) is 0 Å².